The van der Waals surface area contributed by atoms with Crippen molar-refractivity contribution in [2.75, 3.05) is 35.5 Å². The molecule has 0 aliphatic carbocycles. The number of benzene rings is 3. The van der Waals surface area contributed by atoms with Gasteiger partial charge in [-0.05, 0) is 54.1 Å². The number of carbonyl (C=O) groups is 2. The molecule has 8 nitrogen and oxygen atoms in total. The maximum Gasteiger partial charge on any atom is 0.343 e. The maximum atomic E-state index is 12.7. The second-order valence-electron chi connectivity index (χ2n) is 7.13. The molecule has 0 aliphatic heterocycles. The van der Waals surface area contributed by atoms with E-state index in [4.69, 9.17) is 28.4 Å². The minimum Gasteiger partial charge on any atom is -0.497 e. The molecule has 0 heterocycles. The fourth-order valence-corrected chi connectivity index (χ4v) is 3.26. The summed E-state index contributed by atoms with van der Waals surface area (Å²) in [4.78, 5) is 25.4. The van der Waals surface area contributed by atoms with Crippen LogP contribution >= 0.6 is 0 Å². The first kappa shape index (κ1) is 25.2. The van der Waals surface area contributed by atoms with Crippen LogP contribution in [0.5, 0.6) is 34.5 Å². The zero-order chi connectivity index (χ0) is 25.4. The summed E-state index contributed by atoms with van der Waals surface area (Å²) in [5.41, 5.74) is 1.36. The molecule has 0 atom stereocenters. The lowest BCUT2D eigenvalue weighted by Crippen LogP contribution is -2.09. The Balaban J connectivity index is 1.78. The Bertz CT molecular complexity index is 1250. The summed E-state index contributed by atoms with van der Waals surface area (Å²) in [7, 11) is 7.49. The lowest BCUT2D eigenvalue weighted by atomic mass is 10.1. The Kier molecular flexibility index (Phi) is 8.34. The van der Waals surface area contributed by atoms with Gasteiger partial charge in [-0.15, -0.1) is 0 Å². The van der Waals surface area contributed by atoms with E-state index in [0.717, 1.165) is 0 Å². The van der Waals surface area contributed by atoms with Crippen LogP contribution in [0.25, 0.3) is 6.08 Å². The van der Waals surface area contributed by atoms with Crippen molar-refractivity contribution >= 4 is 17.8 Å². The number of carbonyl (C=O) groups excluding carboxylic acids is 2. The van der Waals surface area contributed by atoms with E-state index >= 15 is 0 Å². The number of allylic oxidation sites excluding steroid dienone is 1. The number of hydrogen-bond acceptors (Lipinski definition) is 8. The standard InChI is InChI=1S/C27H26O8/c1-30-19-9-10-20(24(16-19)32-3)21(28)11-6-17-7-12-23(25(14-17)33-4)35-27(29)18-8-13-22(31-2)26(15-18)34-5/h6-16H,1-5H3/b11-6+. The largest absolute Gasteiger partial charge is 0.497 e. The molecule has 182 valence electrons. The van der Waals surface area contributed by atoms with E-state index in [2.05, 4.69) is 0 Å². The van der Waals surface area contributed by atoms with Crippen LogP contribution in [-0.2, 0) is 0 Å². The third-order valence-electron chi connectivity index (χ3n) is 5.11. The molecule has 0 fully saturated rings. The van der Waals surface area contributed by atoms with E-state index in [1.54, 1.807) is 61.7 Å². The minimum absolute atomic E-state index is 0.229. The molecule has 3 aromatic rings. The molecule has 0 unspecified atom stereocenters. The summed E-state index contributed by atoms with van der Waals surface area (Å²) in [5.74, 6) is 1.64. The lowest BCUT2D eigenvalue weighted by molar-refractivity contribution is 0.0729. The Labute approximate surface area is 203 Å². The highest BCUT2D eigenvalue weighted by Crippen LogP contribution is 2.32. The molecule has 0 aromatic heterocycles. The highest BCUT2D eigenvalue weighted by Gasteiger charge is 2.16. The van der Waals surface area contributed by atoms with Crippen LogP contribution in [0.2, 0.25) is 0 Å². The molecule has 35 heavy (non-hydrogen) atoms. The second kappa shape index (κ2) is 11.6. The molecule has 3 aromatic carbocycles. The third-order valence-corrected chi connectivity index (χ3v) is 5.11. The van der Waals surface area contributed by atoms with Crippen LogP contribution in [0.3, 0.4) is 0 Å². The van der Waals surface area contributed by atoms with Crippen molar-refractivity contribution in [1.29, 1.82) is 0 Å². The van der Waals surface area contributed by atoms with Crippen LogP contribution in [0.15, 0.2) is 60.7 Å². The van der Waals surface area contributed by atoms with Crippen molar-refractivity contribution in [2.24, 2.45) is 0 Å². The third kappa shape index (κ3) is 5.92. The monoisotopic (exact) mass is 478 g/mol. The number of ketones is 1. The Hall–Kier alpha value is -4.46. The molecule has 3 rings (SSSR count). The maximum absolute atomic E-state index is 12.7. The number of ether oxygens (including phenoxy) is 6. The van der Waals surface area contributed by atoms with Gasteiger partial charge < -0.3 is 28.4 Å². The van der Waals surface area contributed by atoms with Crippen LogP contribution in [0.4, 0.5) is 0 Å². The van der Waals surface area contributed by atoms with Gasteiger partial charge in [0.05, 0.1) is 46.7 Å². The average Bonchev–Trinajstić information content (AvgIpc) is 2.91. The average molecular weight is 478 g/mol. The molecular formula is C27H26O8. The van der Waals surface area contributed by atoms with Gasteiger partial charge in [0, 0.05) is 6.07 Å². The van der Waals surface area contributed by atoms with Gasteiger partial charge >= 0.3 is 5.97 Å². The highest BCUT2D eigenvalue weighted by atomic mass is 16.6. The summed E-state index contributed by atoms with van der Waals surface area (Å²) in [6.07, 6.45) is 3.06. The van der Waals surface area contributed by atoms with Crippen molar-refractivity contribution in [3.63, 3.8) is 0 Å². The normalized spacial score (nSPS) is 10.5. The van der Waals surface area contributed by atoms with E-state index in [1.807, 2.05) is 0 Å². The van der Waals surface area contributed by atoms with Crippen LogP contribution < -0.4 is 28.4 Å². The summed E-state index contributed by atoms with van der Waals surface area (Å²) in [6, 6.07) is 14.7. The second-order valence-corrected chi connectivity index (χ2v) is 7.13. The first-order chi connectivity index (χ1) is 16.9. The zero-order valence-electron chi connectivity index (χ0n) is 20.1. The molecule has 0 spiro atoms. The molecule has 0 saturated heterocycles. The van der Waals surface area contributed by atoms with Crippen molar-refractivity contribution < 1.29 is 38.0 Å². The van der Waals surface area contributed by atoms with Crippen LogP contribution in [0, 0.1) is 0 Å². The zero-order valence-corrected chi connectivity index (χ0v) is 20.1. The van der Waals surface area contributed by atoms with Gasteiger partial charge in [-0.1, -0.05) is 12.1 Å². The van der Waals surface area contributed by atoms with Crippen molar-refractivity contribution in [3.8, 4) is 34.5 Å². The van der Waals surface area contributed by atoms with E-state index in [0.29, 0.717) is 39.9 Å². The number of hydrogen-bond donors (Lipinski definition) is 0. The topological polar surface area (TPSA) is 89.5 Å². The summed E-state index contributed by atoms with van der Waals surface area (Å²) in [5, 5.41) is 0. The van der Waals surface area contributed by atoms with Gasteiger partial charge in [0.2, 0.25) is 0 Å². The first-order valence-electron chi connectivity index (χ1n) is 10.5. The van der Waals surface area contributed by atoms with E-state index in [9.17, 15) is 9.59 Å². The van der Waals surface area contributed by atoms with Crippen molar-refractivity contribution in [1.82, 2.24) is 0 Å². The smallest absolute Gasteiger partial charge is 0.343 e. The van der Waals surface area contributed by atoms with Gasteiger partial charge in [0.25, 0.3) is 0 Å². The van der Waals surface area contributed by atoms with Gasteiger partial charge in [0.15, 0.2) is 28.8 Å². The SMILES string of the molecule is COc1ccc(C(=O)/C=C/c2ccc(OC(=O)c3ccc(OC)c(OC)c3)c(OC)c2)c(OC)c1. The van der Waals surface area contributed by atoms with E-state index in [1.165, 1.54) is 40.6 Å². The molecule has 0 saturated carbocycles. The van der Waals surface area contributed by atoms with Gasteiger partial charge in [0.1, 0.15) is 11.5 Å². The predicted octanol–water partition coefficient (Wildman–Crippen LogP) is 4.84. The Morgan fingerprint density at radius 3 is 1.94 bits per heavy atom. The fraction of sp³-hybridized carbons (Fsp3) is 0.185. The van der Waals surface area contributed by atoms with Gasteiger partial charge in [-0.2, -0.15) is 0 Å². The molecular weight excluding hydrogens is 452 g/mol. The highest BCUT2D eigenvalue weighted by molar-refractivity contribution is 6.08. The number of methoxy groups -OCH3 is 5. The Morgan fingerprint density at radius 2 is 1.29 bits per heavy atom. The first-order valence-corrected chi connectivity index (χ1v) is 10.5. The Morgan fingerprint density at radius 1 is 0.629 bits per heavy atom. The van der Waals surface area contributed by atoms with Crippen LogP contribution in [-0.4, -0.2) is 47.3 Å². The van der Waals surface area contributed by atoms with Crippen LogP contribution in [0.1, 0.15) is 26.3 Å². The molecule has 0 radical (unpaired) electrons. The molecule has 0 amide bonds. The summed E-state index contributed by atoms with van der Waals surface area (Å²) < 4.78 is 31.8. The summed E-state index contributed by atoms with van der Waals surface area (Å²) in [6.45, 7) is 0. The number of rotatable bonds is 10. The quantitative estimate of drug-likeness (QED) is 0.177. The molecule has 8 heteroatoms. The lowest BCUT2D eigenvalue weighted by Gasteiger charge is -2.12. The van der Waals surface area contributed by atoms with E-state index in [-0.39, 0.29) is 17.1 Å². The predicted molar refractivity (Wildman–Crippen MR) is 130 cm³/mol. The minimum atomic E-state index is -0.589. The summed E-state index contributed by atoms with van der Waals surface area (Å²) >= 11 is 0. The molecule has 0 aliphatic rings. The van der Waals surface area contributed by atoms with Gasteiger partial charge in [-0.3, -0.25) is 4.79 Å². The van der Waals surface area contributed by atoms with E-state index < -0.39 is 5.97 Å². The fourth-order valence-electron chi connectivity index (χ4n) is 3.26. The molecule has 0 N–H and O–H groups in total. The van der Waals surface area contributed by atoms with Crippen molar-refractivity contribution in [3.05, 3.63) is 77.4 Å². The van der Waals surface area contributed by atoms with Gasteiger partial charge in [-0.25, -0.2) is 4.79 Å². The number of esters is 1. The molecule has 0 bridgehead atoms. The van der Waals surface area contributed by atoms with Crippen molar-refractivity contribution in [2.45, 2.75) is 0 Å².